The quantitative estimate of drug-likeness (QED) is 0.543. The second-order valence-corrected chi connectivity index (χ2v) is 3.25. The van der Waals surface area contributed by atoms with E-state index >= 15 is 0 Å². The highest BCUT2D eigenvalue weighted by atomic mass is 35.5. The fourth-order valence-electron chi connectivity index (χ4n) is 1.41. The normalized spacial score (nSPS) is 20.7. The van der Waals surface area contributed by atoms with Crippen LogP contribution in [0.25, 0.3) is 0 Å². The molecule has 1 atom stereocenters. The number of hydrogen-bond donors (Lipinski definition) is 3. The molecule has 2 amide bonds. The van der Waals surface area contributed by atoms with E-state index in [4.69, 9.17) is 5.73 Å². The number of amides is 2. The van der Waals surface area contributed by atoms with Gasteiger partial charge in [-0.2, -0.15) is 0 Å². The van der Waals surface area contributed by atoms with Crippen LogP contribution in [-0.4, -0.2) is 30.9 Å². The van der Waals surface area contributed by atoms with Gasteiger partial charge >= 0.3 is 0 Å². The van der Waals surface area contributed by atoms with Crippen molar-refractivity contribution in [1.29, 1.82) is 0 Å². The van der Waals surface area contributed by atoms with Gasteiger partial charge in [-0.25, -0.2) is 0 Å². The van der Waals surface area contributed by atoms with Crippen LogP contribution in [0.5, 0.6) is 0 Å². The van der Waals surface area contributed by atoms with Crippen molar-refractivity contribution in [1.82, 2.24) is 10.6 Å². The second kappa shape index (κ2) is 6.62. The van der Waals surface area contributed by atoms with Gasteiger partial charge in [0.1, 0.15) is 6.42 Å². The molecule has 0 aliphatic carbocycles. The minimum Gasteiger partial charge on any atom is -0.369 e. The van der Waals surface area contributed by atoms with Crippen molar-refractivity contribution >= 4 is 24.2 Å². The molecule has 0 aromatic carbocycles. The Bertz CT molecular complexity index is 205. The van der Waals surface area contributed by atoms with Crippen molar-refractivity contribution < 1.29 is 9.59 Å². The van der Waals surface area contributed by atoms with Gasteiger partial charge in [0.05, 0.1) is 0 Å². The molecule has 1 aliphatic heterocycles. The fourth-order valence-corrected chi connectivity index (χ4v) is 1.41. The number of carbonyl (C=O) groups is 2. The van der Waals surface area contributed by atoms with Crippen LogP contribution in [0, 0.1) is 0 Å². The van der Waals surface area contributed by atoms with Gasteiger partial charge in [0.2, 0.25) is 11.8 Å². The maximum absolute atomic E-state index is 11.1. The van der Waals surface area contributed by atoms with Crippen molar-refractivity contribution in [2.75, 3.05) is 13.1 Å². The number of halogens is 1. The third kappa shape index (κ3) is 5.04. The number of primary amides is 1. The molecule has 0 aromatic heterocycles. The zero-order valence-electron chi connectivity index (χ0n) is 7.91. The van der Waals surface area contributed by atoms with E-state index in [1.54, 1.807) is 0 Å². The van der Waals surface area contributed by atoms with Crippen LogP contribution in [0.15, 0.2) is 0 Å². The molecule has 1 fully saturated rings. The molecule has 1 rings (SSSR count). The number of nitrogens with one attached hydrogen (secondary N) is 2. The topological polar surface area (TPSA) is 84.2 Å². The van der Waals surface area contributed by atoms with Gasteiger partial charge in [0.25, 0.3) is 0 Å². The predicted octanol–water partition coefficient (Wildman–Crippen LogP) is -0.848. The van der Waals surface area contributed by atoms with Crippen molar-refractivity contribution in [2.24, 2.45) is 5.73 Å². The molecule has 1 aliphatic rings. The number of carbonyl (C=O) groups excluding carboxylic acids is 2. The lowest BCUT2D eigenvalue weighted by atomic mass is 10.1. The van der Waals surface area contributed by atoms with E-state index in [1.165, 1.54) is 0 Å². The minimum atomic E-state index is -0.582. The molecular formula is C8H16ClN3O2. The number of hydrogen-bond acceptors (Lipinski definition) is 3. The summed E-state index contributed by atoms with van der Waals surface area (Å²) >= 11 is 0. The highest BCUT2D eigenvalue weighted by Gasteiger charge is 2.15. The number of piperidine rings is 1. The highest BCUT2D eigenvalue weighted by Crippen LogP contribution is 2.00. The Labute approximate surface area is 89.2 Å². The second-order valence-electron chi connectivity index (χ2n) is 3.25. The smallest absolute Gasteiger partial charge is 0.229 e. The average molecular weight is 222 g/mol. The molecule has 6 heteroatoms. The van der Waals surface area contributed by atoms with E-state index in [0.29, 0.717) is 0 Å². The molecule has 14 heavy (non-hydrogen) atoms. The molecule has 1 heterocycles. The van der Waals surface area contributed by atoms with E-state index in [0.717, 1.165) is 25.9 Å². The molecular weight excluding hydrogens is 206 g/mol. The third-order valence-electron chi connectivity index (χ3n) is 2.00. The van der Waals surface area contributed by atoms with Gasteiger partial charge in [0.15, 0.2) is 0 Å². The SMILES string of the molecule is Cl.NC(=O)CC(=O)NC1CCCNC1. The maximum Gasteiger partial charge on any atom is 0.229 e. The van der Waals surface area contributed by atoms with Crippen LogP contribution in [0.2, 0.25) is 0 Å². The highest BCUT2D eigenvalue weighted by molar-refractivity contribution is 5.96. The van der Waals surface area contributed by atoms with Crippen molar-refractivity contribution in [3.8, 4) is 0 Å². The molecule has 0 radical (unpaired) electrons. The van der Waals surface area contributed by atoms with Crippen LogP contribution in [-0.2, 0) is 9.59 Å². The Morgan fingerprint density at radius 1 is 1.50 bits per heavy atom. The Morgan fingerprint density at radius 2 is 2.21 bits per heavy atom. The first-order valence-electron chi connectivity index (χ1n) is 4.47. The molecule has 4 N–H and O–H groups in total. The molecule has 1 unspecified atom stereocenters. The molecule has 0 bridgehead atoms. The number of nitrogens with two attached hydrogens (primary N) is 1. The van der Waals surface area contributed by atoms with Crippen LogP contribution in [0.3, 0.4) is 0 Å². The standard InChI is InChI=1S/C8H15N3O2.ClH/c9-7(12)4-8(13)11-6-2-1-3-10-5-6;/h6,10H,1-5H2,(H2,9,12)(H,11,13);1H. The van der Waals surface area contributed by atoms with Gasteiger partial charge in [-0.3, -0.25) is 9.59 Å². The van der Waals surface area contributed by atoms with Crippen LogP contribution in [0.4, 0.5) is 0 Å². The van der Waals surface area contributed by atoms with E-state index in [-0.39, 0.29) is 30.8 Å². The first kappa shape index (κ1) is 13.2. The lowest BCUT2D eigenvalue weighted by molar-refractivity contribution is -0.128. The molecule has 5 nitrogen and oxygen atoms in total. The predicted molar refractivity (Wildman–Crippen MR) is 55.1 cm³/mol. The lowest BCUT2D eigenvalue weighted by Gasteiger charge is -2.23. The molecule has 1 saturated heterocycles. The zero-order valence-corrected chi connectivity index (χ0v) is 8.73. The number of rotatable bonds is 3. The summed E-state index contributed by atoms with van der Waals surface area (Å²) in [5, 5.41) is 5.91. The van der Waals surface area contributed by atoms with Gasteiger partial charge in [-0.05, 0) is 19.4 Å². The average Bonchev–Trinajstić information content (AvgIpc) is 2.04. The maximum atomic E-state index is 11.1. The Kier molecular flexibility index (Phi) is 6.23. The van der Waals surface area contributed by atoms with E-state index in [9.17, 15) is 9.59 Å². The third-order valence-corrected chi connectivity index (χ3v) is 2.00. The van der Waals surface area contributed by atoms with E-state index in [1.807, 2.05) is 0 Å². The Hall–Kier alpha value is -0.810. The van der Waals surface area contributed by atoms with Gasteiger partial charge < -0.3 is 16.4 Å². The van der Waals surface area contributed by atoms with Gasteiger partial charge in [0, 0.05) is 12.6 Å². The summed E-state index contributed by atoms with van der Waals surface area (Å²) in [6.07, 6.45) is 1.82. The molecule has 82 valence electrons. The van der Waals surface area contributed by atoms with Gasteiger partial charge in [-0.15, -0.1) is 12.4 Å². The summed E-state index contributed by atoms with van der Waals surface area (Å²) in [6, 6.07) is 0.153. The summed E-state index contributed by atoms with van der Waals surface area (Å²) in [7, 11) is 0. The summed E-state index contributed by atoms with van der Waals surface area (Å²) < 4.78 is 0. The van der Waals surface area contributed by atoms with Gasteiger partial charge in [-0.1, -0.05) is 0 Å². The largest absolute Gasteiger partial charge is 0.369 e. The lowest BCUT2D eigenvalue weighted by Crippen LogP contribution is -2.46. The molecule has 0 spiro atoms. The first-order valence-corrected chi connectivity index (χ1v) is 4.47. The van der Waals surface area contributed by atoms with E-state index in [2.05, 4.69) is 10.6 Å². The van der Waals surface area contributed by atoms with Crippen molar-refractivity contribution in [3.05, 3.63) is 0 Å². The summed E-state index contributed by atoms with van der Waals surface area (Å²) in [4.78, 5) is 21.5. The minimum absolute atomic E-state index is 0. The van der Waals surface area contributed by atoms with Crippen LogP contribution < -0.4 is 16.4 Å². The van der Waals surface area contributed by atoms with Crippen molar-refractivity contribution in [3.63, 3.8) is 0 Å². The monoisotopic (exact) mass is 221 g/mol. The molecule has 0 saturated carbocycles. The van der Waals surface area contributed by atoms with E-state index < -0.39 is 5.91 Å². The summed E-state index contributed by atoms with van der Waals surface area (Å²) in [5.41, 5.74) is 4.88. The first-order chi connectivity index (χ1) is 6.18. The Morgan fingerprint density at radius 3 is 2.71 bits per heavy atom. The zero-order chi connectivity index (χ0) is 9.68. The summed E-state index contributed by atoms with van der Waals surface area (Å²) in [6.45, 7) is 1.78. The summed E-state index contributed by atoms with van der Waals surface area (Å²) in [5.74, 6) is -0.859. The fraction of sp³-hybridized carbons (Fsp3) is 0.750. The van der Waals surface area contributed by atoms with Crippen LogP contribution in [0.1, 0.15) is 19.3 Å². The van der Waals surface area contributed by atoms with Crippen molar-refractivity contribution in [2.45, 2.75) is 25.3 Å². The van der Waals surface area contributed by atoms with Crippen LogP contribution >= 0.6 is 12.4 Å². The Balaban J connectivity index is 0.00000169. The molecule has 0 aromatic rings.